The molecule has 84 valence electrons. The van der Waals surface area contributed by atoms with Crippen molar-refractivity contribution in [1.82, 2.24) is 0 Å². The van der Waals surface area contributed by atoms with E-state index in [-0.39, 0.29) is 19.3 Å². The Morgan fingerprint density at radius 2 is 0.923 bits per heavy atom. The van der Waals surface area contributed by atoms with Crippen LogP contribution < -0.4 is 0 Å². The molecule has 0 unspecified atom stereocenters. The van der Waals surface area contributed by atoms with Crippen molar-refractivity contribution >= 4 is 32.9 Å². The molecule has 4 heteroatoms. The molecule has 0 rings (SSSR count). The van der Waals surface area contributed by atoms with Crippen molar-refractivity contribution in [3.05, 3.63) is 0 Å². The van der Waals surface area contributed by atoms with E-state index in [9.17, 15) is 0 Å². The maximum absolute atomic E-state index is 2.56. The first-order valence-electron chi connectivity index (χ1n) is 4.54. The third-order valence-electron chi connectivity index (χ3n) is 1.54. The molecule has 0 N–H and O–H groups in total. The van der Waals surface area contributed by atoms with E-state index in [1.807, 2.05) is 0 Å². The molecule has 0 spiro atoms. The molecule has 0 radical (unpaired) electrons. The Labute approximate surface area is 90.0 Å². The van der Waals surface area contributed by atoms with Gasteiger partial charge in [0.25, 0.3) is 0 Å². The Balaban J connectivity index is 5.02. The summed E-state index contributed by atoms with van der Waals surface area (Å²) < 4.78 is 0. The second kappa shape index (κ2) is 4.07. The molecule has 0 aliphatic heterocycles. The van der Waals surface area contributed by atoms with E-state index < -0.39 is 7.74 Å². The van der Waals surface area contributed by atoms with Gasteiger partial charge >= 0.3 is 0 Å². The maximum atomic E-state index is 2.56. The fourth-order valence-electron chi connectivity index (χ4n) is 2.31. The van der Waals surface area contributed by atoms with E-state index in [0.29, 0.717) is 5.87 Å². The van der Waals surface area contributed by atoms with E-state index in [1.165, 1.54) is 0 Å². The summed E-state index contributed by atoms with van der Waals surface area (Å²) in [6.45, 7) is 7.69. The molecule has 0 aromatic carbocycles. The zero-order valence-electron chi connectivity index (χ0n) is 10.8. The summed E-state index contributed by atoms with van der Waals surface area (Å²) in [6, 6.07) is 0. The van der Waals surface area contributed by atoms with Crippen molar-refractivity contribution in [1.29, 1.82) is 0 Å². The largest absolute Gasteiger partial charge is 0.225 e. The Hall–Kier alpha value is 1.35. The summed E-state index contributed by atoms with van der Waals surface area (Å²) in [4.78, 5) is 0. The van der Waals surface area contributed by atoms with Crippen LogP contribution in [0.2, 0.25) is 19.6 Å². The summed E-state index contributed by atoms with van der Waals surface area (Å²) in [5, 5.41) is 0. The minimum absolute atomic E-state index is 0.317. The van der Waals surface area contributed by atoms with Crippen LogP contribution in [-0.4, -0.2) is 45.3 Å². The Bertz CT molecular complexity index is 140. The van der Waals surface area contributed by atoms with Gasteiger partial charge in [-0.15, -0.1) is 0 Å². The summed E-state index contributed by atoms with van der Waals surface area (Å²) in [7, 11) is -1.55. The van der Waals surface area contributed by atoms with Gasteiger partial charge in [-0.05, 0) is 43.4 Å². The summed E-state index contributed by atoms with van der Waals surface area (Å²) in [5.74, 6) is 0.322. The lowest BCUT2D eigenvalue weighted by Crippen LogP contribution is -2.22. The van der Waals surface area contributed by atoms with Crippen LogP contribution in [0, 0.1) is 0 Å². The van der Waals surface area contributed by atoms with Crippen LogP contribution in [0.25, 0.3) is 0 Å². The van der Waals surface area contributed by atoms with Gasteiger partial charge in [-0.25, -0.2) is 19.3 Å². The van der Waals surface area contributed by atoms with Crippen molar-refractivity contribution in [2.75, 3.05) is 37.5 Å². The van der Waals surface area contributed by atoms with Gasteiger partial charge in [0.15, 0.2) is 0 Å². The van der Waals surface area contributed by atoms with Gasteiger partial charge in [0.2, 0.25) is 0 Å². The van der Waals surface area contributed by atoms with Gasteiger partial charge in [-0.1, -0.05) is 19.6 Å². The highest BCUT2D eigenvalue weighted by atomic mass is 33.2. The predicted octanol–water partition coefficient (Wildman–Crippen LogP) is 4.52. The second-order valence-corrected chi connectivity index (χ2v) is 34.7. The molecular weight excluding hydrogens is 231 g/mol. The van der Waals surface area contributed by atoms with Gasteiger partial charge in [-0.3, -0.25) is 0 Å². The highest BCUT2D eigenvalue weighted by molar-refractivity contribution is 9.13. The second-order valence-electron chi connectivity index (χ2n) is 5.97. The molecular formula is C9H27PS2Si. The molecule has 0 nitrogen and oxygen atoms in total. The molecule has 13 heavy (non-hydrogen) atoms. The van der Waals surface area contributed by atoms with E-state index >= 15 is 0 Å². The van der Waals surface area contributed by atoms with Gasteiger partial charge in [-0.2, -0.15) is 0 Å². The topological polar surface area (TPSA) is 0 Å². The lowest BCUT2D eigenvalue weighted by atomic mass is 11.8. The van der Waals surface area contributed by atoms with Crippen molar-refractivity contribution in [2.24, 2.45) is 0 Å². The molecule has 0 heterocycles. The van der Waals surface area contributed by atoms with Crippen LogP contribution in [0.3, 0.4) is 0 Å². The van der Waals surface area contributed by atoms with E-state index in [4.69, 9.17) is 0 Å². The van der Waals surface area contributed by atoms with Gasteiger partial charge in [0, 0.05) is 0 Å². The number of rotatable bonds is 3. The molecule has 0 atom stereocenters. The molecule has 0 aliphatic carbocycles. The van der Waals surface area contributed by atoms with Crippen LogP contribution in [-0.2, 0) is 0 Å². The van der Waals surface area contributed by atoms with Crippen LogP contribution in [0.1, 0.15) is 0 Å². The van der Waals surface area contributed by atoms with Gasteiger partial charge < -0.3 is 0 Å². The summed E-state index contributed by atoms with van der Waals surface area (Å²) in [5.41, 5.74) is 0. The zero-order valence-corrected chi connectivity index (χ0v) is 14.3. The Morgan fingerprint density at radius 1 is 0.692 bits per heavy atom. The highest BCUT2D eigenvalue weighted by Gasteiger charge is 2.38. The van der Waals surface area contributed by atoms with Gasteiger partial charge in [0.05, 0.1) is 7.74 Å². The standard InChI is InChI=1S/C9H27PS2Si/c1-11(2,3)10(12(4,5)6)13(7,8)9/h1-9H3. The minimum atomic E-state index is -0.919. The van der Waals surface area contributed by atoms with Crippen molar-refractivity contribution < 1.29 is 0 Å². The fraction of sp³-hybridized carbons (Fsp3) is 1.00. The van der Waals surface area contributed by atoms with Crippen molar-refractivity contribution in [3.8, 4) is 0 Å². The third-order valence-corrected chi connectivity index (χ3v) is 41.7. The Morgan fingerprint density at radius 3 is 0.923 bits per heavy atom. The lowest BCUT2D eigenvalue weighted by Gasteiger charge is -2.54. The molecule has 0 fully saturated rings. The first-order chi connectivity index (χ1) is 5.37. The average molecular weight is 259 g/mol. The first-order valence-corrected chi connectivity index (χ1v) is 17.1. The SMILES string of the molecule is C[Si](C)(C)P(S(C)(C)C)S(C)(C)C. The highest BCUT2D eigenvalue weighted by Crippen LogP contribution is 2.90. The van der Waals surface area contributed by atoms with Crippen molar-refractivity contribution in [2.45, 2.75) is 19.6 Å². The molecule has 0 bridgehead atoms. The number of hydrogen-bond donors (Lipinski definition) is 0. The van der Waals surface area contributed by atoms with Crippen LogP contribution in [0.15, 0.2) is 0 Å². The first kappa shape index (κ1) is 14.3. The predicted molar refractivity (Wildman–Crippen MR) is 81.0 cm³/mol. The smallest absolute Gasteiger partial charge is 0.0933 e. The molecule has 0 aromatic heterocycles. The van der Waals surface area contributed by atoms with Crippen LogP contribution in [0.5, 0.6) is 0 Å². The Kier molecular flexibility index (Phi) is 4.50. The molecule has 0 saturated heterocycles. The van der Waals surface area contributed by atoms with E-state index in [0.717, 1.165) is 0 Å². The monoisotopic (exact) mass is 258 g/mol. The maximum Gasteiger partial charge on any atom is 0.0933 e. The van der Waals surface area contributed by atoms with Crippen LogP contribution in [0.4, 0.5) is 0 Å². The zero-order chi connectivity index (χ0) is 11.1. The third kappa shape index (κ3) is 4.59. The van der Waals surface area contributed by atoms with Crippen LogP contribution >= 0.6 is 25.2 Å². The van der Waals surface area contributed by atoms with E-state index in [1.54, 1.807) is 0 Å². The quantitative estimate of drug-likeness (QED) is 0.516. The minimum Gasteiger partial charge on any atom is -0.225 e. The normalized spacial score (nSPS) is 17.7. The summed E-state index contributed by atoms with van der Waals surface area (Å²) in [6.07, 6.45) is 15.1. The molecule has 0 saturated carbocycles. The lowest BCUT2D eigenvalue weighted by molar-refractivity contribution is 1.87. The average Bonchev–Trinajstić information content (AvgIpc) is 1.44. The fourth-order valence-corrected chi connectivity index (χ4v) is 62.5. The number of hydrogen-bond acceptors (Lipinski definition) is 0. The summed E-state index contributed by atoms with van der Waals surface area (Å²) >= 11 is 0. The van der Waals surface area contributed by atoms with E-state index in [2.05, 4.69) is 57.2 Å². The van der Waals surface area contributed by atoms with Crippen molar-refractivity contribution in [3.63, 3.8) is 0 Å². The van der Waals surface area contributed by atoms with Gasteiger partial charge in [0.1, 0.15) is 0 Å². The molecule has 0 aromatic rings. The molecule has 0 aliphatic rings. The molecule has 0 amide bonds.